The molecule has 2 fully saturated rings. The van der Waals surface area contributed by atoms with Gasteiger partial charge in [0.15, 0.2) is 6.29 Å². The summed E-state index contributed by atoms with van der Waals surface area (Å²) < 4.78 is 22.1. The smallest absolute Gasteiger partial charge is 0.217 e. The van der Waals surface area contributed by atoms with Gasteiger partial charge in [-0.25, -0.2) is 0 Å². The first kappa shape index (κ1) is 22.4. The summed E-state index contributed by atoms with van der Waals surface area (Å²) in [4.78, 5) is 11.4. The number of methoxy groups -OCH3 is 1. The number of aliphatic hydroxyl groups excluding tert-OH is 4. The summed E-state index contributed by atoms with van der Waals surface area (Å²) >= 11 is 0. The molecule has 0 radical (unpaired) electrons. The lowest BCUT2D eigenvalue weighted by molar-refractivity contribution is -0.313. The Labute approximate surface area is 157 Å². The number of rotatable bonds is 6. The Morgan fingerprint density at radius 1 is 1.11 bits per heavy atom. The van der Waals surface area contributed by atoms with Crippen molar-refractivity contribution in [1.82, 2.24) is 5.32 Å². The van der Waals surface area contributed by atoms with Crippen LogP contribution in [0.2, 0.25) is 0 Å². The largest absolute Gasteiger partial charge is 0.394 e. The third-order valence-electron chi connectivity index (χ3n) is 4.98. The molecule has 1 amide bonds. The molecule has 10 atom stereocenters. The second-order valence-corrected chi connectivity index (χ2v) is 6.87. The van der Waals surface area contributed by atoms with E-state index in [1.807, 2.05) is 0 Å². The maximum absolute atomic E-state index is 11.4. The fourth-order valence-electron chi connectivity index (χ4n) is 3.55. The van der Waals surface area contributed by atoms with Crippen molar-refractivity contribution >= 4 is 5.91 Å². The number of ether oxygens (including phenoxy) is 4. The van der Waals surface area contributed by atoms with Crippen molar-refractivity contribution in [1.29, 1.82) is 0 Å². The van der Waals surface area contributed by atoms with Gasteiger partial charge in [0.1, 0.15) is 36.6 Å². The zero-order valence-corrected chi connectivity index (χ0v) is 15.6. The van der Waals surface area contributed by atoms with Crippen LogP contribution in [0.1, 0.15) is 13.8 Å². The SMILES string of the molecule is CO[C@@H]1C(CO)O[C@@H](O[C@@H]2C(CO)OC(C)C(NC(C)=O)C2O)C(N)[C@H]1O. The average Bonchev–Trinajstić information content (AvgIpc) is 2.63. The first-order valence-electron chi connectivity index (χ1n) is 8.84. The van der Waals surface area contributed by atoms with Gasteiger partial charge in [-0.3, -0.25) is 4.79 Å². The van der Waals surface area contributed by atoms with Crippen molar-refractivity contribution in [2.45, 2.75) is 74.9 Å². The molecule has 27 heavy (non-hydrogen) atoms. The van der Waals surface area contributed by atoms with E-state index >= 15 is 0 Å². The minimum absolute atomic E-state index is 0.361. The Balaban J connectivity index is 2.17. The van der Waals surface area contributed by atoms with E-state index in [1.165, 1.54) is 14.0 Å². The maximum atomic E-state index is 11.4. The van der Waals surface area contributed by atoms with Crippen LogP contribution in [-0.4, -0.2) is 108 Å². The molecule has 0 aromatic rings. The third kappa shape index (κ3) is 4.75. The quantitative estimate of drug-likeness (QED) is 0.265. The Kier molecular flexibility index (Phi) is 7.92. The molecule has 2 heterocycles. The van der Waals surface area contributed by atoms with Gasteiger partial charge in [0.05, 0.1) is 31.4 Å². The van der Waals surface area contributed by atoms with Crippen molar-refractivity contribution in [2.24, 2.45) is 5.73 Å². The predicted molar refractivity (Wildman–Crippen MR) is 90.4 cm³/mol. The van der Waals surface area contributed by atoms with Gasteiger partial charge in [0.25, 0.3) is 0 Å². The molecule has 158 valence electrons. The van der Waals surface area contributed by atoms with Crippen molar-refractivity contribution in [2.75, 3.05) is 20.3 Å². The second kappa shape index (κ2) is 9.54. The van der Waals surface area contributed by atoms with Gasteiger partial charge in [0.2, 0.25) is 5.91 Å². The van der Waals surface area contributed by atoms with E-state index in [9.17, 15) is 25.2 Å². The Hall–Kier alpha value is -0.890. The summed E-state index contributed by atoms with van der Waals surface area (Å²) in [5.41, 5.74) is 5.98. The minimum atomic E-state index is -1.23. The molecule has 0 spiro atoms. The minimum Gasteiger partial charge on any atom is -0.394 e. The number of hydrogen-bond donors (Lipinski definition) is 6. The van der Waals surface area contributed by atoms with Gasteiger partial charge in [0, 0.05) is 14.0 Å². The van der Waals surface area contributed by atoms with Crippen LogP contribution in [0.4, 0.5) is 0 Å². The molecule has 0 saturated carbocycles. The van der Waals surface area contributed by atoms with Crippen molar-refractivity contribution < 1.29 is 44.2 Å². The standard InChI is InChI=1S/C16H30N2O9/c1-6-11(18-7(2)21)13(23)15(9(5-20)25-6)27-16-10(17)12(22)14(24-3)8(4-19)26-16/h6,8-16,19-20,22-23H,4-5,17H2,1-3H3,(H,18,21)/t6?,8?,9?,10?,11?,12-,13?,14-,15-,16+/m1/s1. The second-order valence-electron chi connectivity index (χ2n) is 6.87. The molecule has 0 bridgehead atoms. The number of carbonyl (C=O) groups is 1. The van der Waals surface area contributed by atoms with Gasteiger partial charge in [-0.1, -0.05) is 0 Å². The number of aliphatic hydroxyl groups is 4. The Morgan fingerprint density at radius 3 is 2.22 bits per heavy atom. The molecule has 11 heteroatoms. The van der Waals surface area contributed by atoms with E-state index in [4.69, 9.17) is 24.7 Å². The zero-order chi connectivity index (χ0) is 20.3. The summed E-state index contributed by atoms with van der Waals surface area (Å²) in [6.07, 6.45) is -7.93. The molecule has 7 N–H and O–H groups in total. The molecule has 2 aliphatic rings. The van der Waals surface area contributed by atoms with Gasteiger partial charge >= 0.3 is 0 Å². The molecule has 2 rings (SSSR count). The summed E-state index contributed by atoms with van der Waals surface area (Å²) in [5.74, 6) is -0.361. The summed E-state index contributed by atoms with van der Waals surface area (Å²) in [5, 5.41) is 42.7. The van der Waals surface area contributed by atoms with Crippen LogP contribution < -0.4 is 11.1 Å². The molecule has 6 unspecified atom stereocenters. The van der Waals surface area contributed by atoms with Crippen LogP contribution >= 0.6 is 0 Å². The van der Waals surface area contributed by atoms with Crippen molar-refractivity contribution in [3.63, 3.8) is 0 Å². The summed E-state index contributed by atoms with van der Waals surface area (Å²) in [6, 6.07) is -1.82. The lowest BCUT2D eigenvalue weighted by atomic mass is 9.92. The van der Waals surface area contributed by atoms with Crippen LogP contribution in [0.25, 0.3) is 0 Å². The number of carbonyl (C=O) groups excluding carboxylic acids is 1. The summed E-state index contributed by atoms with van der Waals surface area (Å²) in [7, 11) is 1.35. The van der Waals surface area contributed by atoms with Gasteiger partial charge in [-0.05, 0) is 6.92 Å². The molecule has 2 aliphatic heterocycles. The maximum Gasteiger partial charge on any atom is 0.217 e. The highest BCUT2D eigenvalue weighted by Crippen LogP contribution is 2.29. The van der Waals surface area contributed by atoms with Crippen molar-refractivity contribution in [3.05, 3.63) is 0 Å². The molecule has 0 aromatic heterocycles. The molecule has 11 nitrogen and oxygen atoms in total. The van der Waals surface area contributed by atoms with E-state index in [-0.39, 0.29) is 5.91 Å². The van der Waals surface area contributed by atoms with Gasteiger partial charge in [-0.2, -0.15) is 0 Å². The van der Waals surface area contributed by atoms with E-state index < -0.39 is 74.3 Å². The van der Waals surface area contributed by atoms with E-state index in [0.717, 1.165) is 0 Å². The highest BCUT2D eigenvalue weighted by Gasteiger charge is 2.49. The molecular weight excluding hydrogens is 364 g/mol. The average molecular weight is 394 g/mol. The topological polar surface area (TPSA) is 173 Å². The molecular formula is C16H30N2O9. The van der Waals surface area contributed by atoms with Crippen LogP contribution in [0.5, 0.6) is 0 Å². The highest BCUT2D eigenvalue weighted by atomic mass is 16.7. The molecule has 2 saturated heterocycles. The first-order valence-corrected chi connectivity index (χ1v) is 8.84. The van der Waals surface area contributed by atoms with E-state index in [0.29, 0.717) is 0 Å². The highest BCUT2D eigenvalue weighted by molar-refractivity contribution is 5.73. The fourth-order valence-corrected chi connectivity index (χ4v) is 3.55. The van der Waals surface area contributed by atoms with Crippen LogP contribution in [0.3, 0.4) is 0 Å². The van der Waals surface area contributed by atoms with Gasteiger partial charge in [-0.15, -0.1) is 0 Å². The first-order chi connectivity index (χ1) is 12.7. The van der Waals surface area contributed by atoms with Crippen LogP contribution in [0, 0.1) is 0 Å². The molecule has 0 aromatic carbocycles. The number of amides is 1. The number of nitrogens with one attached hydrogen (secondary N) is 1. The lowest BCUT2D eigenvalue weighted by Crippen LogP contribution is -2.68. The lowest BCUT2D eigenvalue weighted by Gasteiger charge is -2.47. The Bertz CT molecular complexity index is 495. The Morgan fingerprint density at radius 2 is 1.70 bits per heavy atom. The van der Waals surface area contributed by atoms with Crippen molar-refractivity contribution in [3.8, 4) is 0 Å². The molecule has 0 aliphatic carbocycles. The van der Waals surface area contributed by atoms with E-state index in [2.05, 4.69) is 5.32 Å². The monoisotopic (exact) mass is 394 g/mol. The van der Waals surface area contributed by atoms with E-state index in [1.54, 1.807) is 6.92 Å². The van der Waals surface area contributed by atoms with Crippen LogP contribution in [-0.2, 0) is 23.7 Å². The summed E-state index contributed by atoms with van der Waals surface area (Å²) in [6.45, 7) is 2.06. The normalized spacial score (nSPS) is 45.5. The number of hydrogen-bond acceptors (Lipinski definition) is 10. The third-order valence-corrected chi connectivity index (χ3v) is 4.98. The fraction of sp³-hybridized carbons (Fsp3) is 0.938. The van der Waals surface area contributed by atoms with Gasteiger partial charge < -0.3 is 50.4 Å². The number of nitrogens with two attached hydrogens (primary N) is 1. The van der Waals surface area contributed by atoms with Crippen LogP contribution in [0.15, 0.2) is 0 Å². The zero-order valence-electron chi connectivity index (χ0n) is 15.6. The predicted octanol–water partition coefficient (Wildman–Crippen LogP) is -3.56.